The largest absolute Gasteiger partial charge is 0.508 e. The molecule has 2 N–H and O–H groups in total. The first-order chi connectivity index (χ1) is 5.52. The third-order valence-corrected chi connectivity index (χ3v) is 2.00. The van der Waals surface area contributed by atoms with E-state index in [1.165, 1.54) is 12.1 Å². The number of rotatable bonds is 1. The van der Waals surface area contributed by atoms with Gasteiger partial charge in [0, 0.05) is 9.79 Å². The van der Waals surface area contributed by atoms with Crippen molar-refractivity contribution in [3.8, 4) is 5.75 Å². The van der Waals surface area contributed by atoms with E-state index in [1.54, 1.807) is 0 Å². The van der Waals surface area contributed by atoms with Crippen LogP contribution in [0.3, 0.4) is 0 Å². The molecule has 5 heteroatoms. The minimum Gasteiger partial charge on any atom is -0.508 e. The van der Waals surface area contributed by atoms with Crippen LogP contribution in [-0.2, 0) is 0 Å². The molecule has 1 aromatic carbocycles. The van der Waals surface area contributed by atoms with Crippen molar-refractivity contribution in [1.29, 1.82) is 0 Å². The first-order valence-corrected chi connectivity index (χ1v) is 3.90. The van der Waals surface area contributed by atoms with Gasteiger partial charge in [-0.15, -0.1) is 25.3 Å². The van der Waals surface area contributed by atoms with Gasteiger partial charge in [0.15, 0.2) is 0 Å². The van der Waals surface area contributed by atoms with E-state index in [0.29, 0.717) is 0 Å². The van der Waals surface area contributed by atoms with E-state index in [2.05, 4.69) is 25.3 Å². The highest BCUT2D eigenvalue weighted by molar-refractivity contribution is 7.81. The zero-order valence-corrected chi connectivity index (χ0v) is 7.64. The number of aromatic hydroxyl groups is 1. The molecule has 0 atom stereocenters. The van der Waals surface area contributed by atoms with Crippen molar-refractivity contribution in [3.63, 3.8) is 0 Å². The molecule has 0 heterocycles. The van der Waals surface area contributed by atoms with Gasteiger partial charge in [-0.3, -0.25) is 0 Å². The molecule has 0 spiro atoms. The molecule has 0 saturated heterocycles. The normalized spacial score (nSPS) is 9.83. The first-order valence-electron chi connectivity index (χ1n) is 3.00. The second kappa shape index (κ2) is 3.28. The quantitative estimate of drug-likeness (QED) is 0.524. The first kappa shape index (κ1) is 9.28. The summed E-state index contributed by atoms with van der Waals surface area (Å²) >= 11 is 7.77. The smallest absolute Gasteiger partial charge is 0.337 e. The molecule has 0 aliphatic rings. The number of phenols is 1. The molecule has 1 rings (SSSR count). The molecule has 0 amide bonds. The van der Waals surface area contributed by atoms with Gasteiger partial charge in [0.2, 0.25) is 0 Å². The highest BCUT2D eigenvalue weighted by atomic mass is 32.1. The monoisotopic (exact) mass is 202 g/mol. The fraction of sp³-hybridized carbons (Fsp3) is 0. The van der Waals surface area contributed by atoms with E-state index in [1.807, 2.05) is 0 Å². The number of carboxylic acids is 1. The van der Waals surface area contributed by atoms with Crippen molar-refractivity contribution in [3.05, 3.63) is 17.7 Å². The Kier molecular flexibility index (Phi) is 2.54. The molecule has 1 aromatic rings. The van der Waals surface area contributed by atoms with Gasteiger partial charge in [-0.2, -0.15) is 0 Å². The van der Waals surface area contributed by atoms with Gasteiger partial charge >= 0.3 is 5.97 Å². The van der Waals surface area contributed by atoms with Gasteiger partial charge in [-0.1, -0.05) is 0 Å². The van der Waals surface area contributed by atoms with Crippen molar-refractivity contribution in [1.82, 2.24) is 0 Å². The molecule has 0 fully saturated rings. The number of carbonyl (C=O) groups is 1. The summed E-state index contributed by atoms with van der Waals surface area (Å²) < 4.78 is 0. The van der Waals surface area contributed by atoms with E-state index in [0.717, 1.165) is 0 Å². The third-order valence-electron chi connectivity index (χ3n) is 1.30. The van der Waals surface area contributed by atoms with Crippen molar-refractivity contribution in [2.75, 3.05) is 0 Å². The lowest BCUT2D eigenvalue weighted by Gasteiger charge is -2.03. The molecule has 12 heavy (non-hydrogen) atoms. The maximum atomic E-state index is 10.6. The summed E-state index contributed by atoms with van der Waals surface area (Å²) in [5.74, 6) is -1.15. The van der Waals surface area contributed by atoms with Crippen LogP contribution in [0.5, 0.6) is 5.75 Å². The Morgan fingerprint density at radius 3 is 2.00 bits per heavy atom. The maximum Gasteiger partial charge on any atom is 0.337 e. The summed E-state index contributed by atoms with van der Waals surface area (Å²) in [6.07, 6.45) is 0. The third kappa shape index (κ3) is 1.67. The lowest BCUT2D eigenvalue weighted by atomic mass is 10.2. The van der Waals surface area contributed by atoms with Crippen LogP contribution in [0.1, 0.15) is 10.4 Å². The maximum absolute atomic E-state index is 10.6. The lowest BCUT2D eigenvalue weighted by Crippen LogP contribution is -1.99. The van der Waals surface area contributed by atoms with E-state index in [9.17, 15) is 4.79 Å². The zero-order chi connectivity index (χ0) is 9.30. The summed E-state index contributed by atoms with van der Waals surface area (Å²) in [6.45, 7) is 0. The van der Waals surface area contributed by atoms with Crippen LogP contribution in [0.25, 0.3) is 0 Å². The highest BCUT2D eigenvalue weighted by Gasteiger charge is 2.12. The molecule has 0 radical (unpaired) electrons. The number of hydrogen-bond donors (Lipinski definition) is 4. The van der Waals surface area contributed by atoms with E-state index >= 15 is 0 Å². The minimum atomic E-state index is -1.11. The highest BCUT2D eigenvalue weighted by Crippen LogP contribution is 2.26. The average Bonchev–Trinajstić information content (AvgIpc) is 1.82. The summed E-state index contributed by atoms with van der Waals surface area (Å²) in [5, 5.41) is 17.7. The van der Waals surface area contributed by atoms with Gasteiger partial charge < -0.3 is 10.2 Å². The summed E-state index contributed by atoms with van der Waals surface area (Å²) in [7, 11) is 0. The van der Waals surface area contributed by atoms with Crippen molar-refractivity contribution in [2.45, 2.75) is 9.79 Å². The van der Waals surface area contributed by atoms with E-state index < -0.39 is 5.97 Å². The van der Waals surface area contributed by atoms with Gasteiger partial charge in [-0.05, 0) is 12.1 Å². The molecule has 0 saturated carbocycles. The van der Waals surface area contributed by atoms with Gasteiger partial charge in [0.25, 0.3) is 0 Å². The molecule has 0 aromatic heterocycles. The SMILES string of the molecule is O=C(O)c1c(S)cc(O)cc1S. The van der Waals surface area contributed by atoms with Crippen LogP contribution in [0.4, 0.5) is 0 Å². The summed E-state index contributed by atoms with van der Waals surface area (Å²) in [4.78, 5) is 11.0. The van der Waals surface area contributed by atoms with Gasteiger partial charge in [-0.25, -0.2) is 4.79 Å². The molecule has 0 aliphatic heterocycles. The van der Waals surface area contributed by atoms with Gasteiger partial charge in [0.1, 0.15) is 5.75 Å². The fourth-order valence-corrected chi connectivity index (χ4v) is 1.60. The van der Waals surface area contributed by atoms with Crippen LogP contribution >= 0.6 is 25.3 Å². The molecule has 0 unspecified atom stereocenters. The van der Waals surface area contributed by atoms with Crippen LogP contribution in [0, 0.1) is 0 Å². The molecule has 0 aliphatic carbocycles. The second-order valence-corrected chi connectivity index (χ2v) is 3.13. The Balaban J connectivity index is 3.38. The number of benzene rings is 1. The molecular formula is C7H6O3S2. The Morgan fingerprint density at radius 1 is 1.25 bits per heavy atom. The summed E-state index contributed by atoms with van der Waals surface area (Å²) in [5.41, 5.74) is -0.000494. The van der Waals surface area contributed by atoms with Crippen molar-refractivity contribution >= 4 is 31.2 Å². The number of aromatic carboxylic acids is 1. The Bertz CT molecular complexity index is 312. The molecule has 0 bridgehead atoms. The predicted molar refractivity (Wildman–Crippen MR) is 49.6 cm³/mol. The fourth-order valence-electron chi connectivity index (χ4n) is 0.816. The average molecular weight is 202 g/mol. The summed E-state index contributed by atoms with van der Waals surface area (Å²) in [6, 6.07) is 2.51. The Morgan fingerprint density at radius 2 is 1.67 bits per heavy atom. The van der Waals surface area contributed by atoms with Crippen molar-refractivity contribution in [2.24, 2.45) is 0 Å². The topological polar surface area (TPSA) is 57.5 Å². The van der Waals surface area contributed by atoms with E-state index in [4.69, 9.17) is 10.2 Å². The Hall–Kier alpha value is -0.810. The zero-order valence-electron chi connectivity index (χ0n) is 5.85. The minimum absolute atomic E-state index is 0.000494. The van der Waals surface area contributed by atoms with Crippen LogP contribution < -0.4 is 0 Å². The number of hydrogen-bond acceptors (Lipinski definition) is 4. The van der Waals surface area contributed by atoms with Crippen LogP contribution in [0.2, 0.25) is 0 Å². The molecule has 64 valence electrons. The standard InChI is InChI=1S/C7H6O3S2/c8-3-1-4(11)6(7(9)10)5(12)2-3/h1-2,8,11-12H,(H,9,10). The predicted octanol–water partition coefficient (Wildman–Crippen LogP) is 1.67. The number of phenolic OH excluding ortho intramolecular Hbond substituents is 1. The second-order valence-electron chi connectivity index (χ2n) is 2.16. The van der Waals surface area contributed by atoms with Crippen LogP contribution in [-0.4, -0.2) is 16.2 Å². The molecular weight excluding hydrogens is 196 g/mol. The van der Waals surface area contributed by atoms with Gasteiger partial charge in [0.05, 0.1) is 5.56 Å². The number of carboxylic acid groups (broad SMARTS) is 1. The number of thiol groups is 2. The Labute approximate surface area is 79.9 Å². The van der Waals surface area contributed by atoms with Crippen molar-refractivity contribution < 1.29 is 15.0 Å². The van der Waals surface area contributed by atoms with Crippen LogP contribution in [0.15, 0.2) is 21.9 Å². The van der Waals surface area contributed by atoms with E-state index in [-0.39, 0.29) is 21.1 Å². The lowest BCUT2D eigenvalue weighted by molar-refractivity contribution is 0.0689. The molecule has 3 nitrogen and oxygen atoms in total.